The van der Waals surface area contributed by atoms with E-state index in [1.807, 2.05) is 0 Å². The molecule has 4 aliphatic carbocycles. The summed E-state index contributed by atoms with van der Waals surface area (Å²) in [5.41, 5.74) is 2.07. The fraction of sp³-hybridized carbons (Fsp3) is 0.778. The van der Waals surface area contributed by atoms with Gasteiger partial charge >= 0.3 is 0 Å². The lowest BCUT2D eigenvalue weighted by Gasteiger charge is -2.08. The molecule has 5 atom stereocenters. The van der Waals surface area contributed by atoms with Crippen LogP contribution in [0.4, 0.5) is 0 Å². The summed E-state index contributed by atoms with van der Waals surface area (Å²) in [5.74, 6) is 2.71. The average molecular weight is 278 g/mol. The summed E-state index contributed by atoms with van der Waals surface area (Å²) in [6.07, 6.45) is 1.41. The smallest absolute Gasteiger partial charge is 0.0251 e. The molecule has 0 heterocycles. The zero-order valence-corrected chi connectivity index (χ0v) is 9.36. The Hall–Kier alpha value is 0.700. The lowest BCUT2D eigenvalue weighted by molar-refractivity contribution is 0.634. The highest BCUT2D eigenvalue weighted by Gasteiger charge is 2.79. The van der Waals surface area contributed by atoms with Gasteiger partial charge in [0.25, 0.3) is 0 Å². The maximum atomic E-state index is 4.23. The van der Waals surface area contributed by atoms with Crippen LogP contribution < -0.4 is 0 Å². The van der Waals surface area contributed by atoms with Gasteiger partial charge in [0.15, 0.2) is 0 Å². The fourth-order valence-corrected chi connectivity index (χ4v) is 6.00. The summed E-state index contributed by atoms with van der Waals surface area (Å²) in [4.78, 5) is 0.762. The molecule has 11 heavy (non-hydrogen) atoms. The first-order valence-corrected chi connectivity index (χ1v) is 6.16. The van der Waals surface area contributed by atoms with Gasteiger partial charge in [-0.1, -0.05) is 44.0 Å². The Labute approximate surface area is 83.7 Å². The minimum absolute atomic E-state index is 0.541. The van der Waals surface area contributed by atoms with Crippen molar-refractivity contribution >= 4 is 31.9 Å². The quantitative estimate of drug-likeness (QED) is 0.511. The average Bonchev–Trinajstić information content (AvgIpc) is 2.27. The molecule has 0 aromatic rings. The van der Waals surface area contributed by atoms with Gasteiger partial charge in [-0.15, -0.1) is 0 Å². The van der Waals surface area contributed by atoms with Crippen LogP contribution in [0.25, 0.3) is 0 Å². The van der Waals surface area contributed by atoms with E-state index in [2.05, 4.69) is 38.4 Å². The van der Waals surface area contributed by atoms with Crippen LogP contribution in [-0.2, 0) is 0 Å². The first kappa shape index (κ1) is 7.14. The number of hydrogen-bond donors (Lipinski definition) is 0. The van der Waals surface area contributed by atoms with Crippen molar-refractivity contribution in [2.75, 3.05) is 5.33 Å². The second-order valence-electron chi connectivity index (χ2n) is 4.12. The maximum Gasteiger partial charge on any atom is 0.0251 e. The van der Waals surface area contributed by atoms with Crippen molar-refractivity contribution in [3.63, 3.8) is 0 Å². The molecule has 4 fully saturated rings. The van der Waals surface area contributed by atoms with E-state index in [-0.39, 0.29) is 0 Å². The third-order valence-electron chi connectivity index (χ3n) is 4.08. The van der Waals surface area contributed by atoms with Crippen LogP contribution >= 0.6 is 31.9 Å². The number of hydrogen-bond acceptors (Lipinski definition) is 0. The molecule has 0 radical (unpaired) electrons. The van der Waals surface area contributed by atoms with Crippen molar-refractivity contribution in [1.82, 2.24) is 0 Å². The summed E-state index contributed by atoms with van der Waals surface area (Å²) in [7, 11) is 0. The van der Waals surface area contributed by atoms with Gasteiger partial charge < -0.3 is 0 Å². The minimum Gasteiger partial charge on any atom is -0.0989 e. The van der Waals surface area contributed by atoms with Crippen LogP contribution in [0, 0.1) is 23.2 Å². The van der Waals surface area contributed by atoms with Crippen molar-refractivity contribution in [2.45, 2.75) is 11.2 Å². The normalized spacial score (nSPS) is 64.0. The summed E-state index contributed by atoms with van der Waals surface area (Å²) in [6.45, 7) is 4.23. The maximum absolute atomic E-state index is 4.23. The molecule has 0 aromatic heterocycles. The number of allylic oxidation sites excluding steroid dienone is 1. The number of alkyl halides is 2. The van der Waals surface area contributed by atoms with E-state index in [1.165, 1.54) is 12.0 Å². The molecule has 4 bridgehead atoms. The second-order valence-corrected chi connectivity index (χ2v) is 5.74. The zero-order chi connectivity index (χ0) is 7.80. The zero-order valence-electron chi connectivity index (χ0n) is 6.19. The van der Waals surface area contributed by atoms with Gasteiger partial charge in [0.1, 0.15) is 0 Å². The summed E-state index contributed by atoms with van der Waals surface area (Å²) in [6, 6.07) is 0. The number of halogens is 2. The Morgan fingerprint density at radius 1 is 1.64 bits per heavy atom. The van der Waals surface area contributed by atoms with E-state index in [9.17, 15) is 0 Å². The largest absolute Gasteiger partial charge is 0.0989 e. The molecule has 0 saturated heterocycles. The van der Waals surface area contributed by atoms with Crippen LogP contribution in [0.15, 0.2) is 12.2 Å². The highest BCUT2D eigenvalue weighted by atomic mass is 79.9. The van der Waals surface area contributed by atoms with E-state index in [4.69, 9.17) is 0 Å². The van der Waals surface area contributed by atoms with Crippen molar-refractivity contribution in [3.8, 4) is 0 Å². The van der Waals surface area contributed by atoms with Gasteiger partial charge in [-0.05, 0) is 24.2 Å². The van der Waals surface area contributed by atoms with Crippen molar-refractivity contribution < 1.29 is 0 Å². The lowest BCUT2D eigenvalue weighted by Crippen LogP contribution is -2.03. The highest BCUT2D eigenvalue weighted by molar-refractivity contribution is 9.09. The standard InChI is InChI=1S/C9H10Br2/c1-4-5-2-6-7(8(5)11)9(4,6)3-10/h5-8H,1-3H2/t5-,6-,7+,8?,9+/m0/s1. The van der Waals surface area contributed by atoms with Crippen LogP contribution in [0.2, 0.25) is 0 Å². The van der Waals surface area contributed by atoms with E-state index in [1.54, 1.807) is 0 Å². The molecular formula is C9H10Br2. The van der Waals surface area contributed by atoms with Crippen LogP contribution in [0.1, 0.15) is 6.42 Å². The first-order valence-electron chi connectivity index (χ1n) is 4.13. The molecule has 4 rings (SSSR count). The van der Waals surface area contributed by atoms with Crippen LogP contribution in [-0.4, -0.2) is 10.2 Å². The van der Waals surface area contributed by atoms with Crippen LogP contribution in [0.5, 0.6) is 0 Å². The fourth-order valence-electron chi connectivity index (χ4n) is 3.47. The Morgan fingerprint density at radius 2 is 2.36 bits per heavy atom. The number of rotatable bonds is 1. The first-order chi connectivity index (χ1) is 5.23. The van der Waals surface area contributed by atoms with Crippen LogP contribution in [0.3, 0.4) is 0 Å². The summed E-state index contributed by atoms with van der Waals surface area (Å²) >= 11 is 7.41. The van der Waals surface area contributed by atoms with E-state index >= 15 is 0 Å². The van der Waals surface area contributed by atoms with Gasteiger partial charge in [0.2, 0.25) is 0 Å². The Kier molecular flexibility index (Phi) is 1.16. The van der Waals surface area contributed by atoms with Gasteiger partial charge in [0, 0.05) is 15.6 Å². The molecule has 0 aliphatic heterocycles. The summed E-state index contributed by atoms with van der Waals surface area (Å²) in [5, 5.41) is 1.15. The minimum atomic E-state index is 0.541. The third kappa shape index (κ3) is 0.514. The van der Waals surface area contributed by atoms with E-state index in [0.29, 0.717) is 5.41 Å². The predicted molar refractivity (Wildman–Crippen MR) is 53.2 cm³/mol. The molecule has 2 heteroatoms. The molecule has 0 amide bonds. The predicted octanol–water partition coefficient (Wildman–Crippen LogP) is 2.97. The molecule has 0 N–H and O–H groups in total. The molecule has 1 unspecified atom stereocenters. The van der Waals surface area contributed by atoms with Gasteiger partial charge in [-0.25, -0.2) is 0 Å². The van der Waals surface area contributed by atoms with Gasteiger partial charge in [-0.3, -0.25) is 0 Å². The molecule has 4 aliphatic rings. The monoisotopic (exact) mass is 276 g/mol. The van der Waals surface area contributed by atoms with Gasteiger partial charge in [0.05, 0.1) is 0 Å². The van der Waals surface area contributed by atoms with E-state index in [0.717, 1.165) is 27.9 Å². The molecule has 0 spiro atoms. The van der Waals surface area contributed by atoms with Crippen molar-refractivity contribution in [1.29, 1.82) is 0 Å². The topological polar surface area (TPSA) is 0 Å². The molecule has 60 valence electrons. The third-order valence-corrected chi connectivity index (χ3v) is 6.22. The van der Waals surface area contributed by atoms with Gasteiger partial charge in [-0.2, -0.15) is 0 Å². The van der Waals surface area contributed by atoms with Crippen molar-refractivity contribution in [3.05, 3.63) is 12.2 Å². The SMILES string of the molecule is C=C1[C@@H]2C[C@H]3[C@H](C2Br)[C@]13CBr. The lowest BCUT2D eigenvalue weighted by atomic mass is 10.0. The second kappa shape index (κ2) is 1.79. The Balaban J connectivity index is 2.11. The van der Waals surface area contributed by atoms with Crippen molar-refractivity contribution in [2.24, 2.45) is 23.2 Å². The molecular weight excluding hydrogens is 268 g/mol. The Bertz CT molecular complexity index is 248. The summed E-state index contributed by atoms with van der Waals surface area (Å²) < 4.78 is 0. The Morgan fingerprint density at radius 3 is 2.55 bits per heavy atom. The van der Waals surface area contributed by atoms with E-state index < -0.39 is 0 Å². The molecule has 0 nitrogen and oxygen atoms in total. The molecule has 4 saturated carbocycles. The highest BCUT2D eigenvalue weighted by Crippen LogP contribution is 2.82. The molecule has 0 aromatic carbocycles.